The lowest BCUT2D eigenvalue weighted by molar-refractivity contribution is -0.0611. The molecular formula is C8H17N3O2. The molecule has 0 bridgehead atoms. The van der Waals surface area contributed by atoms with E-state index in [0.29, 0.717) is 6.61 Å². The summed E-state index contributed by atoms with van der Waals surface area (Å²) >= 11 is 0. The average molecular weight is 187 g/mol. The number of carbonyl (C=O) groups is 1. The number of hydrogen-bond acceptors (Lipinski definition) is 3. The molecule has 0 saturated carbocycles. The van der Waals surface area contributed by atoms with Crippen LogP contribution in [0.15, 0.2) is 0 Å². The van der Waals surface area contributed by atoms with Crippen LogP contribution in [0.2, 0.25) is 0 Å². The number of nitrogens with one attached hydrogen (secondary N) is 2. The Morgan fingerprint density at radius 1 is 1.62 bits per heavy atom. The fraction of sp³-hybridized carbons (Fsp3) is 0.875. The molecule has 0 aromatic rings. The minimum atomic E-state index is -0.331. The molecule has 1 aliphatic heterocycles. The SMILES string of the molecule is CC1(C)CC(NC(=O)NN)CCO1. The molecule has 76 valence electrons. The lowest BCUT2D eigenvalue weighted by Gasteiger charge is -2.35. The van der Waals surface area contributed by atoms with Crippen molar-refractivity contribution in [3.8, 4) is 0 Å². The molecule has 13 heavy (non-hydrogen) atoms. The van der Waals surface area contributed by atoms with Crippen LogP contribution in [0, 0.1) is 0 Å². The predicted molar refractivity (Wildman–Crippen MR) is 48.9 cm³/mol. The van der Waals surface area contributed by atoms with Gasteiger partial charge in [0.2, 0.25) is 0 Å². The third kappa shape index (κ3) is 3.20. The molecule has 1 atom stereocenters. The normalized spacial score (nSPS) is 26.5. The first kappa shape index (κ1) is 10.3. The maximum absolute atomic E-state index is 10.9. The monoisotopic (exact) mass is 187 g/mol. The summed E-state index contributed by atoms with van der Waals surface area (Å²) in [5.74, 6) is 4.96. The Kier molecular flexibility index (Phi) is 3.11. The molecule has 0 aromatic carbocycles. The van der Waals surface area contributed by atoms with Gasteiger partial charge in [-0.3, -0.25) is 5.43 Å². The van der Waals surface area contributed by atoms with E-state index in [-0.39, 0.29) is 17.7 Å². The molecule has 1 heterocycles. The van der Waals surface area contributed by atoms with Crippen molar-refractivity contribution in [2.24, 2.45) is 5.84 Å². The second kappa shape index (κ2) is 3.93. The van der Waals surface area contributed by atoms with Gasteiger partial charge in [0, 0.05) is 12.6 Å². The Morgan fingerprint density at radius 3 is 2.85 bits per heavy atom. The van der Waals surface area contributed by atoms with Crippen LogP contribution in [0.1, 0.15) is 26.7 Å². The molecule has 1 rings (SSSR count). The van der Waals surface area contributed by atoms with Gasteiger partial charge in [0.25, 0.3) is 0 Å². The van der Waals surface area contributed by atoms with E-state index in [2.05, 4.69) is 5.32 Å². The van der Waals surface area contributed by atoms with Crippen LogP contribution in [0.5, 0.6) is 0 Å². The molecule has 1 saturated heterocycles. The van der Waals surface area contributed by atoms with Gasteiger partial charge in [-0.25, -0.2) is 10.6 Å². The third-order valence-electron chi connectivity index (χ3n) is 2.16. The molecule has 5 heteroatoms. The van der Waals surface area contributed by atoms with Gasteiger partial charge in [-0.2, -0.15) is 0 Å². The van der Waals surface area contributed by atoms with Crippen LogP contribution in [0.25, 0.3) is 0 Å². The Hall–Kier alpha value is -0.810. The lowest BCUT2D eigenvalue weighted by Crippen LogP contribution is -2.50. The van der Waals surface area contributed by atoms with Crippen LogP contribution in [-0.2, 0) is 4.74 Å². The zero-order valence-electron chi connectivity index (χ0n) is 8.09. The highest BCUT2D eigenvalue weighted by molar-refractivity contribution is 5.73. The summed E-state index contributed by atoms with van der Waals surface area (Å²) in [6.07, 6.45) is 1.66. The average Bonchev–Trinajstić information content (AvgIpc) is 2.02. The van der Waals surface area contributed by atoms with Crippen LogP contribution in [-0.4, -0.2) is 24.3 Å². The summed E-state index contributed by atoms with van der Waals surface area (Å²) in [5, 5.41) is 2.77. The third-order valence-corrected chi connectivity index (χ3v) is 2.16. The van der Waals surface area contributed by atoms with E-state index in [0.717, 1.165) is 12.8 Å². The minimum Gasteiger partial charge on any atom is -0.375 e. The highest BCUT2D eigenvalue weighted by Gasteiger charge is 2.29. The number of urea groups is 1. The standard InChI is InChI=1S/C8H17N3O2/c1-8(2)5-6(3-4-13-8)10-7(12)11-9/h6H,3-5,9H2,1-2H3,(H2,10,11,12). The van der Waals surface area contributed by atoms with E-state index in [4.69, 9.17) is 10.6 Å². The zero-order chi connectivity index (χ0) is 9.90. The van der Waals surface area contributed by atoms with Crippen molar-refractivity contribution in [3.05, 3.63) is 0 Å². The van der Waals surface area contributed by atoms with Gasteiger partial charge >= 0.3 is 6.03 Å². The van der Waals surface area contributed by atoms with Crippen molar-refractivity contribution in [1.82, 2.24) is 10.7 Å². The first-order valence-corrected chi connectivity index (χ1v) is 4.44. The van der Waals surface area contributed by atoms with E-state index in [1.807, 2.05) is 19.3 Å². The van der Waals surface area contributed by atoms with Crippen LogP contribution >= 0.6 is 0 Å². The van der Waals surface area contributed by atoms with Crippen molar-refractivity contribution < 1.29 is 9.53 Å². The van der Waals surface area contributed by atoms with Gasteiger partial charge in [0.1, 0.15) is 0 Å². The molecule has 1 fully saturated rings. The molecule has 4 N–H and O–H groups in total. The van der Waals surface area contributed by atoms with Crippen molar-refractivity contribution in [1.29, 1.82) is 0 Å². The summed E-state index contributed by atoms with van der Waals surface area (Å²) in [4.78, 5) is 10.9. The van der Waals surface area contributed by atoms with E-state index in [9.17, 15) is 4.79 Å². The topological polar surface area (TPSA) is 76.4 Å². The predicted octanol–water partition coefficient (Wildman–Crippen LogP) is 0.117. The Balaban J connectivity index is 2.39. The van der Waals surface area contributed by atoms with E-state index >= 15 is 0 Å². The van der Waals surface area contributed by atoms with Crippen molar-refractivity contribution in [2.45, 2.75) is 38.3 Å². The van der Waals surface area contributed by atoms with Gasteiger partial charge < -0.3 is 10.1 Å². The maximum atomic E-state index is 10.9. The molecule has 0 spiro atoms. The number of hydrazine groups is 1. The number of ether oxygens (including phenoxy) is 1. The van der Waals surface area contributed by atoms with Crippen molar-refractivity contribution >= 4 is 6.03 Å². The number of amides is 2. The Labute approximate surface area is 78.0 Å². The second-order valence-electron chi connectivity index (χ2n) is 3.92. The second-order valence-corrected chi connectivity index (χ2v) is 3.92. The zero-order valence-corrected chi connectivity index (χ0v) is 8.09. The first-order chi connectivity index (χ1) is 6.03. The fourth-order valence-electron chi connectivity index (χ4n) is 1.58. The quantitative estimate of drug-likeness (QED) is 0.310. The fourth-order valence-corrected chi connectivity index (χ4v) is 1.58. The van der Waals surface area contributed by atoms with Gasteiger partial charge in [-0.05, 0) is 26.7 Å². The Bertz CT molecular complexity index is 194. The van der Waals surface area contributed by atoms with Gasteiger partial charge in [0.05, 0.1) is 5.60 Å². The minimum absolute atomic E-state index is 0.148. The van der Waals surface area contributed by atoms with E-state index < -0.39 is 0 Å². The van der Waals surface area contributed by atoms with Crippen molar-refractivity contribution in [2.75, 3.05) is 6.61 Å². The molecule has 1 unspecified atom stereocenters. The summed E-state index contributed by atoms with van der Waals surface area (Å²) in [5.41, 5.74) is 1.90. The van der Waals surface area contributed by atoms with Gasteiger partial charge in [0.15, 0.2) is 0 Å². The highest BCUT2D eigenvalue weighted by atomic mass is 16.5. The van der Waals surface area contributed by atoms with Crippen LogP contribution in [0.4, 0.5) is 4.79 Å². The molecule has 0 aliphatic carbocycles. The lowest BCUT2D eigenvalue weighted by atomic mass is 9.94. The van der Waals surface area contributed by atoms with Crippen molar-refractivity contribution in [3.63, 3.8) is 0 Å². The summed E-state index contributed by atoms with van der Waals surface area (Å²) in [7, 11) is 0. The molecule has 0 radical (unpaired) electrons. The maximum Gasteiger partial charge on any atom is 0.329 e. The van der Waals surface area contributed by atoms with E-state index in [1.54, 1.807) is 0 Å². The van der Waals surface area contributed by atoms with E-state index in [1.165, 1.54) is 0 Å². The molecule has 2 amide bonds. The number of nitrogens with two attached hydrogens (primary N) is 1. The molecule has 0 aromatic heterocycles. The molecular weight excluding hydrogens is 170 g/mol. The Morgan fingerprint density at radius 2 is 2.31 bits per heavy atom. The molecule has 1 aliphatic rings. The summed E-state index contributed by atoms with van der Waals surface area (Å²) in [6, 6.07) is -0.171. The van der Waals surface area contributed by atoms with Crippen LogP contribution in [0.3, 0.4) is 0 Å². The first-order valence-electron chi connectivity index (χ1n) is 4.44. The number of carbonyl (C=O) groups excluding carboxylic acids is 1. The van der Waals surface area contributed by atoms with Gasteiger partial charge in [-0.1, -0.05) is 0 Å². The smallest absolute Gasteiger partial charge is 0.329 e. The van der Waals surface area contributed by atoms with Gasteiger partial charge in [-0.15, -0.1) is 0 Å². The van der Waals surface area contributed by atoms with Crippen LogP contribution < -0.4 is 16.6 Å². The summed E-state index contributed by atoms with van der Waals surface area (Å²) < 4.78 is 5.51. The number of hydrogen-bond donors (Lipinski definition) is 3. The number of rotatable bonds is 1. The summed E-state index contributed by atoms with van der Waals surface area (Å²) in [6.45, 7) is 4.71. The largest absolute Gasteiger partial charge is 0.375 e. The highest BCUT2D eigenvalue weighted by Crippen LogP contribution is 2.23. The molecule has 5 nitrogen and oxygen atoms in total.